The van der Waals surface area contributed by atoms with E-state index in [-0.39, 0.29) is 11.8 Å². The van der Waals surface area contributed by atoms with Gasteiger partial charge in [0.15, 0.2) is 0 Å². The van der Waals surface area contributed by atoms with Crippen molar-refractivity contribution in [1.82, 2.24) is 4.90 Å². The number of amides is 1. The molecule has 1 rings (SSSR count). The average molecular weight is 274 g/mol. The predicted molar refractivity (Wildman–Crippen MR) is 80.1 cm³/mol. The molecule has 5 heteroatoms. The van der Waals surface area contributed by atoms with Gasteiger partial charge in [-0.05, 0) is 38.4 Å². The Kier molecular flexibility index (Phi) is 20.5. The Bertz CT molecular complexity index is 201. The summed E-state index contributed by atoms with van der Waals surface area (Å²) in [5.41, 5.74) is 0.182. The molecule has 0 radical (unpaired) electrons. The highest BCUT2D eigenvalue weighted by molar-refractivity contribution is 5.50. The summed E-state index contributed by atoms with van der Waals surface area (Å²) in [6, 6.07) is 0. The number of likely N-dealkylation sites (tertiary alicyclic amines) is 1. The summed E-state index contributed by atoms with van der Waals surface area (Å²) in [4.78, 5) is 29.4. The van der Waals surface area contributed by atoms with E-state index in [1.54, 1.807) is 5.18 Å². The van der Waals surface area contributed by atoms with Gasteiger partial charge in [0.05, 0.1) is 0 Å². The Hall–Kier alpha value is -1.10. The Morgan fingerprint density at radius 3 is 1.53 bits per heavy atom. The van der Waals surface area contributed by atoms with Crippen LogP contribution in [0, 0.1) is 10.3 Å². The number of nitrogens with zero attached hydrogens (tertiary/aromatic N) is 2. The highest BCUT2D eigenvalue weighted by Crippen LogP contribution is 2.15. The van der Waals surface area contributed by atoms with Crippen molar-refractivity contribution in [3.8, 4) is 0 Å². The molecule has 1 heterocycles. The van der Waals surface area contributed by atoms with E-state index in [4.69, 9.17) is 9.70 Å². The first-order chi connectivity index (χ1) is 8.87. The normalized spacial score (nSPS) is 13.6. The molecule has 114 valence electrons. The van der Waals surface area contributed by atoms with Crippen LogP contribution in [0.1, 0.15) is 53.9 Å². The molecule has 0 aromatic carbocycles. The summed E-state index contributed by atoms with van der Waals surface area (Å²) in [5, 5.41) is 1.81. The van der Waals surface area contributed by atoms with E-state index in [2.05, 4.69) is 11.9 Å². The van der Waals surface area contributed by atoms with Crippen LogP contribution in [0.25, 0.3) is 0 Å². The molecule has 1 aliphatic rings. The van der Waals surface area contributed by atoms with Crippen molar-refractivity contribution >= 4 is 12.7 Å². The highest BCUT2D eigenvalue weighted by Gasteiger charge is 2.06. The minimum absolute atomic E-state index is 0.0556. The van der Waals surface area contributed by atoms with E-state index in [0.717, 1.165) is 6.29 Å². The fourth-order valence-corrected chi connectivity index (χ4v) is 1.13. The molecule has 0 saturated carbocycles. The third kappa shape index (κ3) is 31.6. The molecule has 0 aromatic heterocycles. The van der Waals surface area contributed by atoms with E-state index in [1.807, 2.05) is 34.6 Å². The zero-order chi connectivity index (χ0) is 15.7. The minimum atomic E-state index is -0.0556. The van der Waals surface area contributed by atoms with Crippen LogP contribution in [0.2, 0.25) is 0 Å². The van der Waals surface area contributed by atoms with Gasteiger partial charge in [0, 0.05) is 11.6 Å². The molecule has 1 saturated heterocycles. The molecule has 0 spiro atoms. The third-order valence-corrected chi connectivity index (χ3v) is 2.07. The average Bonchev–Trinajstić information content (AvgIpc) is 2.82. The lowest BCUT2D eigenvalue weighted by atomic mass is 9.93. The molecule has 0 atom stereocenters. The molecule has 1 fully saturated rings. The van der Waals surface area contributed by atoms with Gasteiger partial charge in [-0.2, -0.15) is 0 Å². The molecule has 0 aromatic rings. The molecule has 0 aliphatic carbocycles. The second-order valence-corrected chi connectivity index (χ2v) is 5.15. The zero-order valence-corrected chi connectivity index (χ0v) is 13.3. The maximum atomic E-state index is 9.82. The van der Waals surface area contributed by atoms with Crippen molar-refractivity contribution in [3.05, 3.63) is 4.91 Å². The highest BCUT2D eigenvalue weighted by atomic mass is 16.3. The number of nitroso groups, excluding NO2 is 1. The lowest BCUT2D eigenvalue weighted by molar-refractivity contribution is -0.109. The molecule has 1 amide bonds. The lowest BCUT2D eigenvalue weighted by Crippen LogP contribution is -2.10. The standard InChI is InChI=1S/C6H12O.C5H11N.C2H6.CHNO2/c1-6(2,3)4-5-7;1-6-4-2-3-5-6;1-2;3-1-2-4/h5H,4H2,1-3H3;2-5H2,1H3;1-2H3;1H. The van der Waals surface area contributed by atoms with E-state index < -0.39 is 0 Å². The maximum absolute atomic E-state index is 9.82. The van der Waals surface area contributed by atoms with E-state index in [1.165, 1.54) is 25.9 Å². The second kappa shape index (κ2) is 16.9. The van der Waals surface area contributed by atoms with Gasteiger partial charge in [0.2, 0.25) is 0 Å². The molecule has 1 aliphatic heterocycles. The van der Waals surface area contributed by atoms with Crippen LogP contribution >= 0.6 is 0 Å². The number of hydrogen-bond acceptors (Lipinski definition) is 4. The van der Waals surface area contributed by atoms with Crippen LogP contribution in [0.3, 0.4) is 0 Å². The Balaban J connectivity index is -0.000000195. The molecule has 0 N–H and O–H groups in total. The molecule has 5 nitrogen and oxygen atoms in total. The van der Waals surface area contributed by atoms with E-state index in [9.17, 15) is 4.79 Å². The quantitative estimate of drug-likeness (QED) is 0.572. The van der Waals surface area contributed by atoms with Gasteiger partial charge in [-0.3, -0.25) is 4.79 Å². The maximum Gasteiger partial charge on any atom is 0.274 e. The Morgan fingerprint density at radius 1 is 1.11 bits per heavy atom. The Labute approximate surface area is 117 Å². The van der Waals surface area contributed by atoms with Crippen molar-refractivity contribution in [2.24, 2.45) is 10.6 Å². The number of carbonyl (C=O) groups is 2. The van der Waals surface area contributed by atoms with Crippen LogP contribution in [-0.2, 0) is 9.59 Å². The summed E-state index contributed by atoms with van der Waals surface area (Å²) in [6.45, 7) is 12.8. The van der Waals surface area contributed by atoms with Crippen LogP contribution in [0.5, 0.6) is 0 Å². The lowest BCUT2D eigenvalue weighted by Gasteiger charge is -2.11. The summed E-state index contributed by atoms with van der Waals surface area (Å²) >= 11 is 0. The zero-order valence-electron chi connectivity index (χ0n) is 13.3. The smallest absolute Gasteiger partial charge is 0.274 e. The number of aldehydes is 1. The number of hydrogen-bond donors (Lipinski definition) is 0. The van der Waals surface area contributed by atoms with Crippen LogP contribution in [0.15, 0.2) is 5.18 Å². The summed E-state index contributed by atoms with van der Waals surface area (Å²) in [7, 11) is 2.17. The van der Waals surface area contributed by atoms with Crippen molar-refractivity contribution in [1.29, 1.82) is 0 Å². The predicted octanol–water partition coefficient (Wildman–Crippen LogP) is 3.27. The Morgan fingerprint density at radius 2 is 1.47 bits per heavy atom. The van der Waals surface area contributed by atoms with Crippen LogP contribution in [0.4, 0.5) is 0 Å². The van der Waals surface area contributed by atoms with Gasteiger partial charge in [0.1, 0.15) is 6.29 Å². The molecule has 0 bridgehead atoms. The van der Waals surface area contributed by atoms with E-state index in [0.29, 0.717) is 6.42 Å². The van der Waals surface area contributed by atoms with Gasteiger partial charge in [-0.1, -0.05) is 34.6 Å². The molecule has 19 heavy (non-hydrogen) atoms. The van der Waals surface area contributed by atoms with Gasteiger partial charge < -0.3 is 9.69 Å². The molecule has 0 unspecified atom stereocenters. The second-order valence-electron chi connectivity index (χ2n) is 5.15. The first-order valence-corrected chi connectivity index (χ1v) is 6.75. The molecular formula is C14H30N2O3. The summed E-state index contributed by atoms with van der Waals surface area (Å²) in [5.74, 6) is 0. The fraction of sp³-hybridized carbons (Fsp3) is 0.857. The largest absolute Gasteiger partial charge is 0.306 e. The SMILES string of the molecule is CC.CC(C)(C)CC=O.CN1CCCC1.O=CN=O. The first-order valence-electron chi connectivity index (χ1n) is 6.75. The van der Waals surface area contributed by atoms with E-state index >= 15 is 0 Å². The molecular weight excluding hydrogens is 244 g/mol. The van der Waals surface area contributed by atoms with Crippen LogP contribution < -0.4 is 0 Å². The minimum Gasteiger partial charge on any atom is -0.306 e. The summed E-state index contributed by atoms with van der Waals surface area (Å²) < 4.78 is 0. The van der Waals surface area contributed by atoms with Gasteiger partial charge >= 0.3 is 0 Å². The number of rotatable bonds is 2. The van der Waals surface area contributed by atoms with Crippen molar-refractivity contribution in [3.63, 3.8) is 0 Å². The van der Waals surface area contributed by atoms with Crippen LogP contribution in [-0.4, -0.2) is 37.7 Å². The fourth-order valence-electron chi connectivity index (χ4n) is 1.13. The van der Waals surface area contributed by atoms with Gasteiger partial charge in [0.25, 0.3) is 6.41 Å². The van der Waals surface area contributed by atoms with Gasteiger partial charge in [-0.15, -0.1) is 4.91 Å². The first kappa shape index (κ1) is 23.0. The summed E-state index contributed by atoms with van der Waals surface area (Å²) in [6.07, 6.45) is 4.39. The van der Waals surface area contributed by atoms with Gasteiger partial charge in [-0.25, -0.2) is 0 Å². The van der Waals surface area contributed by atoms with Crippen molar-refractivity contribution in [2.75, 3.05) is 20.1 Å². The monoisotopic (exact) mass is 274 g/mol. The topological polar surface area (TPSA) is 66.8 Å². The third-order valence-electron chi connectivity index (χ3n) is 2.07. The van der Waals surface area contributed by atoms with Crippen molar-refractivity contribution in [2.45, 2.75) is 53.9 Å². The van der Waals surface area contributed by atoms with Crippen molar-refractivity contribution < 1.29 is 9.59 Å². The number of carbonyl (C=O) groups excluding carboxylic acids is 2.